The first-order chi connectivity index (χ1) is 35.3. The summed E-state index contributed by atoms with van der Waals surface area (Å²) in [6.45, 7) is 11.2. The molecule has 75 heavy (non-hydrogen) atoms. The van der Waals surface area contributed by atoms with E-state index in [4.69, 9.17) is 24.7 Å². The molecule has 0 aliphatic heterocycles. The largest absolute Gasteiger partial charge is 0.465 e. The average molecular weight is 1040 g/mol. The fraction of sp³-hybridized carbons (Fsp3) is 0.472. The van der Waals surface area contributed by atoms with Crippen LogP contribution < -0.4 is 43.0 Å². The van der Waals surface area contributed by atoms with Gasteiger partial charge in [0.25, 0.3) is 0 Å². The third kappa shape index (κ3) is 20.8. The van der Waals surface area contributed by atoms with Crippen molar-refractivity contribution < 1.29 is 66.9 Å². The highest BCUT2D eigenvalue weighted by Crippen LogP contribution is 2.44. The summed E-state index contributed by atoms with van der Waals surface area (Å²) in [5, 5.41) is 17.1. The minimum atomic E-state index is -1.62. The van der Waals surface area contributed by atoms with Crippen molar-refractivity contribution in [3.05, 3.63) is 95.6 Å². The summed E-state index contributed by atoms with van der Waals surface area (Å²) in [5.41, 5.74) is 7.67. The van der Waals surface area contributed by atoms with Crippen LogP contribution in [0.1, 0.15) is 97.3 Å². The van der Waals surface area contributed by atoms with Gasteiger partial charge >= 0.3 is 24.1 Å². The van der Waals surface area contributed by atoms with E-state index in [9.17, 15) is 47.9 Å². The van der Waals surface area contributed by atoms with Gasteiger partial charge in [-0.15, -0.1) is 0 Å². The zero-order chi connectivity index (χ0) is 55.5. The van der Waals surface area contributed by atoms with Crippen molar-refractivity contribution in [1.29, 1.82) is 0 Å². The van der Waals surface area contributed by atoms with Crippen LogP contribution in [0.4, 0.5) is 9.59 Å². The number of amides is 8. The standard InChI is InChI=1S/C53H70N8O14/c1-31(2)24-40(49(69)74-52(3,4)5)59-47(67)39(60-50(70)73-30-37-35-20-14-12-18-33(35)34-19-13-15-21-36(34)37)26-45(65)72-23-22-43(63)55-27-41(61-51(71)75-53(6,7)8)48(68)58-38(25-32-16-10-9-11-17-32)46(66)57-29-44(64)56-28-42(54)62/h9-21,31,37-41H,22-30H2,1-8H3,(H2,54,62)(H,55,63)(H,56,64)(H,57,66)(H,58,68)(H,59,67)(H,60,70)(H,61,71)/t38-,39-,40-,41-/m0/s1. The van der Waals surface area contributed by atoms with Gasteiger partial charge in [-0.25, -0.2) is 14.4 Å². The molecule has 0 saturated carbocycles. The van der Waals surface area contributed by atoms with Gasteiger partial charge in [-0.2, -0.15) is 0 Å². The summed E-state index contributed by atoms with van der Waals surface area (Å²) in [7, 11) is 0. The number of alkyl carbamates (subject to hydrolysis) is 2. The lowest BCUT2D eigenvalue weighted by molar-refractivity contribution is -0.159. The number of esters is 2. The molecule has 0 aromatic heterocycles. The van der Waals surface area contributed by atoms with Gasteiger partial charge in [0, 0.05) is 18.9 Å². The van der Waals surface area contributed by atoms with E-state index in [1.165, 1.54) is 0 Å². The molecule has 0 heterocycles. The lowest BCUT2D eigenvalue weighted by Gasteiger charge is -2.27. The first kappa shape index (κ1) is 59.5. The van der Waals surface area contributed by atoms with Gasteiger partial charge in [-0.3, -0.25) is 33.6 Å². The Morgan fingerprint density at radius 1 is 0.573 bits per heavy atom. The monoisotopic (exact) mass is 1040 g/mol. The van der Waals surface area contributed by atoms with Crippen molar-refractivity contribution in [2.24, 2.45) is 11.7 Å². The molecule has 1 aliphatic rings. The Labute approximate surface area is 436 Å². The van der Waals surface area contributed by atoms with E-state index in [0.29, 0.717) is 5.56 Å². The summed E-state index contributed by atoms with van der Waals surface area (Å²) in [5.74, 6) is -7.08. The molecule has 0 unspecified atom stereocenters. The van der Waals surface area contributed by atoms with Crippen LogP contribution in [0.5, 0.6) is 0 Å². The van der Waals surface area contributed by atoms with E-state index in [1.807, 2.05) is 62.4 Å². The number of nitrogens with one attached hydrogen (secondary N) is 7. The molecule has 4 rings (SSSR count). The van der Waals surface area contributed by atoms with Gasteiger partial charge in [0.05, 0.1) is 25.9 Å². The molecule has 3 aromatic rings. The van der Waals surface area contributed by atoms with E-state index in [1.54, 1.807) is 71.9 Å². The predicted molar refractivity (Wildman–Crippen MR) is 273 cm³/mol. The molecule has 9 N–H and O–H groups in total. The third-order valence-corrected chi connectivity index (χ3v) is 10.9. The fourth-order valence-corrected chi connectivity index (χ4v) is 7.64. The normalized spacial score (nSPS) is 13.5. The molecular weight excluding hydrogens is 973 g/mol. The molecular formula is C53H70N8O14. The van der Waals surface area contributed by atoms with Crippen LogP contribution in [-0.4, -0.2) is 128 Å². The van der Waals surface area contributed by atoms with Crippen molar-refractivity contribution in [2.75, 3.05) is 32.8 Å². The summed E-state index contributed by atoms with van der Waals surface area (Å²) in [6.07, 6.45) is -3.19. The number of primary amides is 1. The van der Waals surface area contributed by atoms with Crippen molar-refractivity contribution >= 4 is 59.6 Å². The molecule has 1 aliphatic carbocycles. The quantitative estimate of drug-likeness (QED) is 0.0447. The van der Waals surface area contributed by atoms with E-state index in [-0.39, 0.29) is 31.3 Å². The Morgan fingerprint density at radius 3 is 1.72 bits per heavy atom. The second kappa shape index (κ2) is 27.9. The third-order valence-electron chi connectivity index (χ3n) is 10.9. The molecule has 0 saturated heterocycles. The van der Waals surface area contributed by atoms with Gasteiger partial charge < -0.3 is 61.9 Å². The Morgan fingerprint density at radius 2 is 1.13 bits per heavy atom. The molecule has 4 atom stereocenters. The smallest absolute Gasteiger partial charge is 0.408 e. The van der Waals surface area contributed by atoms with E-state index in [2.05, 4.69) is 37.2 Å². The molecule has 0 fully saturated rings. The van der Waals surface area contributed by atoms with Crippen molar-refractivity contribution in [2.45, 2.75) is 122 Å². The second-order valence-electron chi connectivity index (χ2n) is 20.1. The first-order valence-electron chi connectivity index (χ1n) is 24.5. The maximum atomic E-state index is 13.9. The van der Waals surface area contributed by atoms with Crippen LogP contribution in [0.15, 0.2) is 78.9 Å². The molecule has 8 amide bonds. The molecule has 0 spiro atoms. The van der Waals surface area contributed by atoms with Gasteiger partial charge in [0.15, 0.2) is 0 Å². The number of carbonyl (C=O) groups is 10. The summed E-state index contributed by atoms with van der Waals surface area (Å²) in [4.78, 5) is 131. The minimum Gasteiger partial charge on any atom is -0.465 e. The molecule has 22 heteroatoms. The summed E-state index contributed by atoms with van der Waals surface area (Å²) < 4.78 is 21.9. The van der Waals surface area contributed by atoms with Gasteiger partial charge in [-0.1, -0.05) is 92.7 Å². The van der Waals surface area contributed by atoms with E-state index < -0.39 is 134 Å². The lowest BCUT2D eigenvalue weighted by atomic mass is 9.98. The topological polar surface area (TPSA) is 318 Å². The second-order valence-corrected chi connectivity index (χ2v) is 20.1. The Kier molecular flexibility index (Phi) is 22.1. The maximum absolute atomic E-state index is 13.9. The van der Waals surface area contributed by atoms with Crippen LogP contribution >= 0.6 is 0 Å². The zero-order valence-corrected chi connectivity index (χ0v) is 43.6. The van der Waals surface area contributed by atoms with Gasteiger partial charge in [0.2, 0.25) is 35.4 Å². The Bertz CT molecular complexity index is 2480. The zero-order valence-electron chi connectivity index (χ0n) is 43.6. The number of nitrogens with two attached hydrogens (primary N) is 1. The highest BCUT2D eigenvalue weighted by Gasteiger charge is 2.35. The molecule has 0 bridgehead atoms. The number of carbonyl (C=O) groups excluding carboxylic acids is 10. The average Bonchev–Trinajstić information content (AvgIpc) is 3.64. The Hall–Kier alpha value is -8.04. The first-order valence-corrected chi connectivity index (χ1v) is 24.5. The summed E-state index contributed by atoms with van der Waals surface area (Å²) >= 11 is 0. The Balaban J connectivity index is 1.43. The van der Waals surface area contributed by atoms with Gasteiger partial charge in [0.1, 0.15) is 48.6 Å². The predicted octanol–water partition coefficient (Wildman–Crippen LogP) is 2.54. The molecule has 22 nitrogen and oxygen atoms in total. The maximum Gasteiger partial charge on any atom is 0.408 e. The lowest BCUT2D eigenvalue weighted by Crippen LogP contribution is -2.58. The fourth-order valence-electron chi connectivity index (χ4n) is 7.64. The summed E-state index contributed by atoms with van der Waals surface area (Å²) in [6, 6.07) is 18.3. The number of fused-ring (bicyclic) bond motifs is 3. The van der Waals surface area contributed by atoms with E-state index >= 15 is 0 Å². The number of ether oxygens (including phenoxy) is 4. The molecule has 406 valence electrons. The van der Waals surface area contributed by atoms with Crippen LogP contribution in [0.3, 0.4) is 0 Å². The molecule has 0 radical (unpaired) electrons. The number of hydrogen-bond donors (Lipinski definition) is 8. The van der Waals surface area contributed by atoms with Crippen molar-refractivity contribution in [3.8, 4) is 11.1 Å². The van der Waals surface area contributed by atoms with Crippen LogP contribution in [-0.2, 0) is 63.7 Å². The number of benzene rings is 3. The SMILES string of the molecule is CC(C)C[C@H](NC(=O)[C@H](CC(=O)OCCC(=O)NC[C@H](NC(=O)OC(C)(C)C)C(=O)N[C@@H](Cc1ccccc1)C(=O)NCC(=O)NCC(N)=O)NC(=O)OCC1c2ccccc2-c2ccccc21)C(=O)OC(C)(C)C. The minimum absolute atomic E-state index is 0.0653. The van der Waals surface area contributed by atoms with Crippen molar-refractivity contribution in [1.82, 2.24) is 37.2 Å². The molecule has 3 aromatic carbocycles. The van der Waals surface area contributed by atoms with Crippen LogP contribution in [0.25, 0.3) is 11.1 Å². The van der Waals surface area contributed by atoms with Crippen LogP contribution in [0.2, 0.25) is 0 Å². The number of rotatable bonds is 25. The highest BCUT2D eigenvalue weighted by molar-refractivity contribution is 5.95. The van der Waals surface area contributed by atoms with E-state index in [0.717, 1.165) is 22.3 Å². The number of hydrogen-bond acceptors (Lipinski definition) is 14. The van der Waals surface area contributed by atoms with Gasteiger partial charge in [-0.05, 0) is 81.7 Å². The highest BCUT2D eigenvalue weighted by atomic mass is 16.6. The van der Waals surface area contributed by atoms with Crippen molar-refractivity contribution in [3.63, 3.8) is 0 Å². The van der Waals surface area contributed by atoms with Crippen LogP contribution in [0, 0.1) is 5.92 Å².